The van der Waals surface area contributed by atoms with Gasteiger partial charge in [-0.2, -0.15) is 13.2 Å². The van der Waals surface area contributed by atoms with Crippen LogP contribution in [0.2, 0.25) is 0 Å². The molecule has 0 radical (unpaired) electrons. The normalized spacial score (nSPS) is 13.8. The summed E-state index contributed by atoms with van der Waals surface area (Å²) >= 11 is 2.73. The summed E-state index contributed by atoms with van der Waals surface area (Å²) in [6.07, 6.45) is -4.77. The van der Waals surface area contributed by atoms with E-state index in [0.717, 1.165) is 12.1 Å². The maximum atomic E-state index is 13.5. The van der Waals surface area contributed by atoms with E-state index >= 15 is 0 Å². The summed E-state index contributed by atoms with van der Waals surface area (Å²) in [4.78, 5) is 0. The van der Waals surface area contributed by atoms with Crippen molar-refractivity contribution < 1.29 is 22.0 Å². The number of alkyl halides is 3. The van der Waals surface area contributed by atoms with Crippen LogP contribution in [0.15, 0.2) is 16.6 Å². The molecule has 0 aliphatic rings. The van der Waals surface area contributed by atoms with E-state index in [4.69, 9.17) is 0 Å². The first-order valence-electron chi connectivity index (χ1n) is 4.72. The Morgan fingerprint density at radius 1 is 1.29 bits per heavy atom. The van der Waals surface area contributed by atoms with Gasteiger partial charge in [0.2, 0.25) is 0 Å². The Hall–Kier alpha value is -0.690. The Morgan fingerprint density at radius 3 is 2.35 bits per heavy atom. The Labute approximate surface area is 103 Å². The Kier molecular flexibility index (Phi) is 4.48. The zero-order valence-electron chi connectivity index (χ0n) is 8.71. The first-order chi connectivity index (χ1) is 7.79. The molecule has 0 aromatic heterocycles. The summed E-state index contributed by atoms with van der Waals surface area (Å²) in [5.41, 5.74) is -1.02. The molecule has 1 aromatic carbocycles. The molecule has 17 heavy (non-hydrogen) atoms. The highest BCUT2D eigenvalue weighted by Gasteiger charge is 2.43. The maximum absolute atomic E-state index is 13.5. The van der Waals surface area contributed by atoms with Gasteiger partial charge in [0.25, 0.3) is 0 Å². The van der Waals surface area contributed by atoms with Crippen LogP contribution < -0.4 is 5.32 Å². The second kappa shape index (κ2) is 5.30. The van der Waals surface area contributed by atoms with Crippen molar-refractivity contribution in [2.75, 3.05) is 6.54 Å². The highest BCUT2D eigenvalue weighted by Crippen LogP contribution is 2.37. The zero-order chi connectivity index (χ0) is 13.2. The predicted molar refractivity (Wildman–Crippen MR) is 56.5 cm³/mol. The molecule has 0 heterocycles. The third kappa shape index (κ3) is 3.16. The van der Waals surface area contributed by atoms with Crippen LogP contribution >= 0.6 is 15.9 Å². The van der Waals surface area contributed by atoms with Crippen molar-refractivity contribution in [1.82, 2.24) is 5.32 Å². The molecule has 1 N–H and O–H groups in total. The van der Waals surface area contributed by atoms with Crippen LogP contribution in [0.3, 0.4) is 0 Å². The standard InChI is InChI=1S/C10H9BrF5N/c1-2-17-9(10(14,15)16)7-6(12)4-3-5(11)8(7)13/h3-4,9,17H,2H2,1H3. The largest absolute Gasteiger partial charge is 0.408 e. The molecule has 96 valence electrons. The summed E-state index contributed by atoms with van der Waals surface area (Å²) < 4.78 is 64.7. The first-order valence-corrected chi connectivity index (χ1v) is 5.51. The second-order valence-electron chi connectivity index (χ2n) is 3.29. The van der Waals surface area contributed by atoms with E-state index in [1.807, 2.05) is 5.32 Å². The van der Waals surface area contributed by atoms with Gasteiger partial charge >= 0.3 is 6.18 Å². The molecular formula is C10H9BrF5N. The fraction of sp³-hybridized carbons (Fsp3) is 0.400. The molecule has 1 aromatic rings. The van der Waals surface area contributed by atoms with Gasteiger partial charge in [0, 0.05) is 0 Å². The molecule has 0 spiro atoms. The number of hydrogen-bond donors (Lipinski definition) is 1. The van der Waals surface area contributed by atoms with E-state index in [1.165, 1.54) is 6.92 Å². The summed E-state index contributed by atoms with van der Waals surface area (Å²) in [7, 11) is 0. The Balaban J connectivity index is 3.32. The van der Waals surface area contributed by atoms with E-state index in [9.17, 15) is 22.0 Å². The van der Waals surface area contributed by atoms with Crippen LogP contribution in [-0.2, 0) is 0 Å². The van der Waals surface area contributed by atoms with Crippen molar-refractivity contribution in [2.24, 2.45) is 0 Å². The molecule has 0 fully saturated rings. The minimum atomic E-state index is -4.77. The van der Waals surface area contributed by atoms with Gasteiger partial charge < -0.3 is 5.32 Å². The van der Waals surface area contributed by atoms with E-state index in [2.05, 4.69) is 15.9 Å². The van der Waals surface area contributed by atoms with Gasteiger partial charge in [-0.05, 0) is 34.6 Å². The minimum absolute atomic E-state index is 0.0600. The molecule has 0 aliphatic carbocycles. The summed E-state index contributed by atoms with van der Waals surface area (Å²) in [5, 5.41) is 2.02. The average molecular weight is 318 g/mol. The van der Waals surface area contributed by atoms with E-state index in [1.54, 1.807) is 0 Å². The first kappa shape index (κ1) is 14.4. The number of rotatable bonds is 3. The van der Waals surface area contributed by atoms with E-state index < -0.39 is 29.4 Å². The topological polar surface area (TPSA) is 12.0 Å². The van der Waals surface area contributed by atoms with Crippen LogP contribution in [0.5, 0.6) is 0 Å². The molecule has 1 rings (SSSR count). The molecule has 0 saturated carbocycles. The molecule has 0 aliphatic heterocycles. The van der Waals surface area contributed by atoms with Crippen molar-refractivity contribution in [3.63, 3.8) is 0 Å². The summed E-state index contributed by atoms with van der Waals surface area (Å²) in [5.74, 6) is -2.47. The molecule has 0 saturated heterocycles. The highest BCUT2D eigenvalue weighted by molar-refractivity contribution is 9.10. The minimum Gasteiger partial charge on any atom is -0.303 e. The molecule has 1 unspecified atom stereocenters. The zero-order valence-corrected chi connectivity index (χ0v) is 10.3. The van der Waals surface area contributed by atoms with Crippen LogP contribution in [0, 0.1) is 11.6 Å². The number of hydrogen-bond acceptors (Lipinski definition) is 1. The molecule has 0 bridgehead atoms. The lowest BCUT2D eigenvalue weighted by molar-refractivity contribution is -0.158. The SMILES string of the molecule is CCNC(c1c(F)ccc(Br)c1F)C(F)(F)F. The number of halogens is 6. The number of benzene rings is 1. The summed E-state index contributed by atoms with van der Waals surface area (Å²) in [6.45, 7) is 1.36. The van der Waals surface area contributed by atoms with Crippen molar-refractivity contribution in [1.29, 1.82) is 0 Å². The monoisotopic (exact) mass is 317 g/mol. The maximum Gasteiger partial charge on any atom is 0.408 e. The van der Waals surface area contributed by atoms with Crippen molar-refractivity contribution in [2.45, 2.75) is 19.1 Å². The molecule has 7 heteroatoms. The smallest absolute Gasteiger partial charge is 0.303 e. The Morgan fingerprint density at radius 2 is 1.88 bits per heavy atom. The lowest BCUT2D eigenvalue weighted by Gasteiger charge is -2.22. The van der Waals surface area contributed by atoms with Gasteiger partial charge in [0.05, 0.1) is 10.0 Å². The highest BCUT2D eigenvalue weighted by atomic mass is 79.9. The van der Waals surface area contributed by atoms with Crippen LogP contribution in [0.4, 0.5) is 22.0 Å². The van der Waals surface area contributed by atoms with E-state index in [-0.39, 0.29) is 11.0 Å². The van der Waals surface area contributed by atoms with Gasteiger partial charge in [-0.25, -0.2) is 8.78 Å². The van der Waals surface area contributed by atoms with Gasteiger partial charge in [-0.3, -0.25) is 0 Å². The van der Waals surface area contributed by atoms with Crippen molar-refractivity contribution >= 4 is 15.9 Å². The average Bonchev–Trinajstić information content (AvgIpc) is 2.21. The molecule has 1 atom stereocenters. The molecule has 0 amide bonds. The third-order valence-corrected chi connectivity index (χ3v) is 2.72. The Bertz CT molecular complexity index is 404. The molecule has 1 nitrogen and oxygen atoms in total. The predicted octanol–water partition coefficient (Wildman–Crippen LogP) is 3.94. The summed E-state index contributed by atoms with van der Waals surface area (Å²) in [6, 6.07) is -0.545. The van der Waals surface area contributed by atoms with Gasteiger partial charge in [-0.15, -0.1) is 0 Å². The van der Waals surface area contributed by atoms with E-state index in [0.29, 0.717) is 0 Å². The van der Waals surface area contributed by atoms with Gasteiger partial charge in [0.15, 0.2) is 0 Å². The van der Waals surface area contributed by atoms with Crippen LogP contribution in [0.1, 0.15) is 18.5 Å². The van der Waals surface area contributed by atoms with Crippen LogP contribution in [0.25, 0.3) is 0 Å². The molecular weight excluding hydrogens is 309 g/mol. The third-order valence-electron chi connectivity index (χ3n) is 2.10. The van der Waals surface area contributed by atoms with Crippen molar-refractivity contribution in [3.8, 4) is 0 Å². The van der Waals surface area contributed by atoms with Crippen molar-refractivity contribution in [3.05, 3.63) is 33.8 Å². The number of nitrogens with one attached hydrogen (secondary N) is 1. The fourth-order valence-electron chi connectivity index (χ4n) is 1.39. The van der Waals surface area contributed by atoms with Gasteiger partial charge in [-0.1, -0.05) is 6.92 Å². The lowest BCUT2D eigenvalue weighted by Crippen LogP contribution is -2.35. The fourth-order valence-corrected chi connectivity index (χ4v) is 1.74. The van der Waals surface area contributed by atoms with Gasteiger partial charge in [0.1, 0.15) is 17.7 Å². The quantitative estimate of drug-likeness (QED) is 0.657. The second-order valence-corrected chi connectivity index (χ2v) is 4.14. The lowest BCUT2D eigenvalue weighted by atomic mass is 10.0. The van der Waals surface area contributed by atoms with Crippen LogP contribution in [-0.4, -0.2) is 12.7 Å².